The second kappa shape index (κ2) is 16.2. The van der Waals surface area contributed by atoms with Crippen LogP contribution in [0, 0.1) is 0 Å². The van der Waals surface area contributed by atoms with Crippen molar-refractivity contribution in [2.45, 2.75) is 75.9 Å². The largest absolute Gasteiger partial charge is 0.480 e. The van der Waals surface area contributed by atoms with Crippen LogP contribution in [0.5, 0.6) is 0 Å². The van der Waals surface area contributed by atoms with Gasteiger partial charge in [0, 0.05) is 6.54 Å². The Labute approximate surface area is 167 Å². The number of hydrogen-bond acceptors (Lipinski definition) is 7. The molecule has 0 aromatic carbocycles. The lowest BCUT2D eigenvalue weighted by atomic mass is 10.1. The summed E-state index contributed by atoms with van der Waals surface area (Å²) in [5.41, 5.74) is 22.4. The molecule has 0 bridgehead atoms. The van der Waals surface area contributed by atoms with Crippen LogP contribution >= 0.6 is 0 Å². The molecule has 3 atom stereocenters. The van der Waals surface area contributed by atoms with Crippen LogP contribution in [-0.2, 0) is 14.4 Å². The Balaban J connectivity index is 4.08. The quantitative estimate of drug-likeness (QED) is 0.146. The summed E-state index contributed by atoms with van der Waals surface area (Å²) < 4.78 is 0. The van der Waals surface area contributed by atoms with E-state index < -0.39 is 30.0 Å². The van der Waals surface area contributed by atoms with E-state index in [9.17, 15) is 19.5 Å². The lowest BCUT2D eigenvalue weighted by Crippen LogP contribution is -2.48. The summed E-state index contributed by atoms with van der Waals surface area (Å²) in [5, 5.41) is 14.5. The van der Waals surface area contributed by atoms with E-state index in [1.54, 1.807) is 0 Å². The molecule has 0 aromatic heterocycles. The molecule has 28 heavy (non-hydrogen) atoms. The third kappa shape index (κ3) is 12.6. The zero-order chi connectivity index (χ0) is 21.4. The molecule has 0 heterocycles. The molecule has 0 aliphatic carbocycles. The first kappa shape index (κ1) is 26.2. The first-order valence-corrected chi connectivity index (χ1v) is 10.1. The second-order valence-electron chi connectivity index (χ2n) is 6.97. The van der Waals surface area contributed by atoms with Gasteiger partial charge in [-0.05, 0) is 58.0 Å². The average Bonchev–Trinajstić information content (AvgIpc) is 2.66. The van der Waals surface area contributed by atoms with Crippen LogP contribution in [0.15, 0.2) is 0 Å². The van der Waals surface area contributed by atoms with Gasteiger partial charge in [-0.2, -0.15) is 0 Å². The molecule has 0 aromatic rings. The minimum atomic E-state index is -1.10. The highest BCUT2D eigenvalue weighted by Gasteiger charge is 2.22. The summed E-state index contributed by atoms with van der Waals surface area (Å²) in [7, 11) is 0. The molecule has 11 N–H and O–H groups in total. The monoisotopic (exact) mass is 402 g/mol. The molecule has 0 saturated carbocycles. The van der Waals surface area contributed by atoms with Gasteiger partial charge in [-0.3, -0.25) is 9.59 Å². The maximum atomic E-state index is 12.0. The molecule has 10 nitrogen and oxygen atoms in total. The van der Waals surface area contributed by atoms with E-state index >= 15 is 0 Å². The number of carboxylic acids is 1. The van der Waals surface area contributed by atoms with Gasteiger partial charge in [0.2, 0.25) is 11.8 Å². The van der Waals surface area contributed by atoms with Crippen molar-refractivity contribution in [3.05, 3.63) is 0 Å². The van der Waals surface area contributed by atoms with Crippen LogP contribution in [0.3, 0.4) is 0 Å². The van der Waals surface area contributed by atoms with Gasteiger partial charge in [-0.1, -0.05) is 12.8 Å². The number of hydrogen-bond donors (Lipinski definition) is 7. The van der Waals surface area contributed by atoms with Crippen molar-refractivity contribution < 1.29 is 19.5 Å². The Hall–Kier alpha value is -1.75. The van der Waals surface area contributed by atoms with Crippen LogP contribution in [-0.4, -0.2) is 60.6 Å². The fraction of sp³-hybridized carbons (Fsp3) is 0.833. The lowest BCUT2D eigenvalue weighted by molar-refractivity contribution is -0.142. The van der Waals surface area contributed by atoms with Crippen LogP contribution < -0.4 is 33.6 Å². The summed E-state index contributed by atoms with van der Waals surface area (Å²) in [6.45, 7) is 1.51. The third-order valence-corrected chi connectivity index (χ3v) is 4.45. The zero-order valence-electron chi connectivity index (χ0n) is 16.7. The number of aliphatic carboxylic acids is 1. The van der Waals surface area contributed by atoms with Crippen molar-refractivity contribution in [1.29, 1.82) is 0 Å². The highest BCUT2D eigenvalue weighted by molar-refractivity contribution is 5.86. The first-order chi connectivity index (χ1) is 13.3. The SMILES string of the molecule is NCCCC[C@H](N)C(=O)NCCCC[C@H](NC(=O)[C@@H](N)CCCCN)C(=O)O. The summed E-state index contributed by atoms with van der Waals surface area (Å²) in [6.07, 6.45) is 5.55. The number of carboxylic acid groups (broad SMARTS) is 1. The highest BCUT2D eigenvalue weighted by Crippen LogP contribution is 2.04. The van der Waals surface area contributed by atoms with E-state index in [0.717, 1.165) is 25.7 Å². The Morgan fingerprint density at radius 2 is 1.25 bits per heavy atom. The molecule has 164 valence electrons. The summed E-state index contributed by atoms with van der Waals surface area (Å²) in [6, 6.07) is -2.30. The van der Waals surface area contributed by atoms with Gasteiger partial charge in [0.25, 0.3) is 0 Å². The van der Waals surface area contributed by atoms with Gasteiger partial charge >= 0.3 is 5.97 Å². The average molecular weight is 403 g/mol. The number of amides is 2. The number of carbonyl (C=O) groups excluding carboxylic acids is 2. The Morgan fingerprint density at radius 3 is 1.75 bits per heavy atom. The van der Waals surface area contributed by atoms with Crippen LogP contribution in [0.1, 0.15) is 57.8 Å². The number of carbonyl (C=O) groups is 3. The molecule has 10 heteroatoms. The normalized spacial score (nSPS) is 14.1. The fourth-order valence-corrected chi connectivity index (χ4v) is 2.63. The van der Waals surface area contributed by atoms with Crippen LogP contribution in [0.25, 0.3) is 0 Å². The van der Waals surface area contributed by atoms with E-state index in [1.807, 2.05) is 0 Å². The smallest absolute Gasteiger partial charge is 0.326 e. The summed E-state index contributed by atoms with van der Waals surface area (Å²) in [5.74, 6) is -1.79. The summed E-state index contributed by atoms with van der Waals surface area (Å²) >= 11 is 0. The minimum absolute atomic E-state index is 0.219. The standard InChI is InChI=1S/C18H38N6O4/c19-10-4-1-7-13(21)16(25)23-12-6-3-9-15(18(27)28)24-17(26)14(22)8-2-5-11-20/h13-15H,1-12,19-22H2,(H,23,25)(H,24,26)(H,27,28)/t13-,14-,15-/m0/s1. The maximum Gasteiger partial charge on any atom is 0.326 e. The van der Waals surface area contributed by atoms with Gasteiger partial charge < -0.3 is 38.7 Å². The fourth-order valence-electron chi connectivity index (χ4n) is 2.63. The van der Waals surface area contributed by atoms with Gasteiger partial charge in [0.15, 0.2) is 0 Å². The van der Waals surface area contributed by atoms with Crippen molar-refractivity contribution in [3.8, 4) is 0 Å². The number of nitrogens with one attached hydrogen (secondary N) is 2. The Morgan fingerprint density at radius 1 is 0.750 bits per heavy atom. The van der Waals surface area contributed by atoms with Crippen molar-refractivity contribution in [2.75, 3.05) is 19.6 Å². The summed E-state index contributed by atoms with van der Waals surface area (Å²) in [4.78, 5) is 35.2. The van der Waals surface area contributed by atoms with Crippen molar-refractivity contribution in [2.24, 2.45) is 22.9 Å². The lowest BCUT2D eigenvalue weighted by Gasteiger charge is -2.18. The third-order valence-electron chi connectivity index (χ3n) is 4.45. The minimum Gasteiger partial charge on any atom is -0.480 e. The molecule has 0 rings (SSSR count). The molecule has 0 radical (unpaired) electrons. The van der Waals surface area contributed by atoms with E-state index in [2.05, 4.69) is 10.6 Å². The predicted molar refractivity (Wildman–Crippen MR) is 108 cm³/mol. The number of rotatable bonds is 17. The van der Waals surface area contributed by atoms with Crippen molar-refractivity contribution in [3.63, 3.8) is 0 Å². The molecule has 0 aliphatic heterocycles. The molecule has 0 spiro atoms. The van der Waals surface area contributed by atoms with E-state index in [4.69, 9.17) is 22.9 Å². The van der Waals surface area contributed by atoms with Gasteiger partial charge in [0.05, 0.1) is 12.1 Å². The molecule has 0 aliphatic rings. The van der Waals surface area contributed by atoms with Crippen molar-refractivity contribution >= 4 is 17.8 Å². The predicted octanol–water partition coefficient (Wildman–Crippen LogP) is -1.25. The van der Waals surface area contributed by atoms with Gasteiger partial charge in [-0.15, -0.1) is 0 Å². The van der Waals surface area contributed by atoms with E-state index in [1.165, 1.54) is 0 Å². The molecule has 0 fully saturated rings. The first-order valence-electron chi connectivity index (χ1n) is 10.1. The second-order valence-corrected chi connectivity index (χ2v) is 6.97. The highest BCUT2D eigenvalue weighted by atomic mass is 16.4. The molecule has 0 unspecified atom stereocenters. The number of unbranched alkanes of at least 4 members (excludes halogenated alkanes) is 3. The Bertz CT molecular complexity index is 463. The van der Waals surface area contributed by atoms with E-state index in [0.29, 0.717) is 45.3 Å². The van der Waals surface area contributed by atoms with Crippen LogP contribution in [0.4, 0.5) is 0 Å². The van der Waals surface area contributed by atoms with Crippen molar-refractivity contribution in [1.82, 2.24) is 10.6 Å². The van der Waals surface area contributed by atoms with Gasteiger partial charge in [-0.25, -0.2) is 4.79 Å². The molecule has 2 amide bonds. The maximum absolute atomic E-state index is 12.0. The van der Waals surface area contributed by atoms with E-state index in [-0.39, 0.29) is 12.3 Å². The zero-order valence-corrected chi connectivity index (χ0v) is 16.7. The molecular weight excluding hydrogens is 364 g/mol. The Kier molecular flexibility index (Phi) is 15.2. The van der Waals surface area contributed by atoms with Crippen LogP contribution in [0.2, 0.25) is 0 Å². The van der Waals surface area contributed by atoms with Gasteiger partial charge in [0.1, 0.15) is 6.04 Å². The molecular formula is C18H38N6O4. The topological polar surface area (TPSA) is 200 Å². The molecule has 0 saturated heterocycles. The number of nitrogens with two attached hydrogens (primary N) is 4.